The number of nitrogens with two attached hydrogens (primary N) is 1. The minimum Gasteiger partial charge on any atom is -0.496 e. The van der Waals surface area contributed by atoms with Crippen LogP contribution in [0.15, 0.2) is 54.6 Å². The van der Waals surface area contributed by atoms with Gasteiger partial charge in [0.15, 0.2) is 17.3 Å². The van der Waals surface area contributed by atoms with Crippen LogP contribution in [0.1, 0.15) is 16.2 Å². The zero-order valence-electron chi connectivity index (χ0n) is 17.1. The number of aromatic nitrogens is 3. The molecule has 1 amide bonds. The quantitative estimate of drug-likeness (QED) is 0.419. The van der Waals surface area contributed by atoms with Crippen molar-refractivity contribution < 1.29 is 13.9 Å². The monoisotopic (exact) mass is 470 g/mol. The van der Waals surface area contributed by atoms with E-state index < -0.39 is 11.7 Å². The van der Waals surface area contributed by atoms with E-state index in [0.717, 1.165) is 0 Å². The number of primary amides is 1. The predicted octanol–water partition coefficient (Wildman–Crippen LogP) is 5.46. The molecule has 0 radical (unpaired) electrons. The number of aryl methyl sites for hydroxylation is 1. The lowest BCUT2D eigenvalue weighted by atomic mass is 10.1. The summed E-state index contributed by atoms with van der Waals surface area (Å²) in [5, 5.41) is 0.287. The fourth-order valence-corrected chi connectivity index (χ4v) is 3.79. The number of imidazole rings is 1. The number of hydrogen-bond donors (Lipinski definition) is 1. The van der Waals surface area contributed by atoms with Crippen molar-refractivity contribution in [3.05, 3.63) is 81.8 Å². The van der Waals surface area contributed by atoms with Gasteiger partial charge in [-0.05, 0) is 49.4 Å². The van der Waals surface area contributed by atoms with Gasteiger partial charge in [0.25, 0.3) is 5.91 Å². The maximum Gasteiger partial charge on any atom is 0.269 e. The van der Waals surface area contributed by atoms with Crippen molar-refractivity contribution >= 4 is 29.1 Å². The van der Waals surface area contributed by atoms with Crippen LogP contribution >= 0.6 is 23.2 Å². The van der Waals surface area contributed by atoms with Crippen LogP contribution in [0, 0.1) is 12.7 Å². The Labute approximate surface area is 193 Å². The first-order valence-electron chi connectivity index (χ1n) is 9.46. The number of rotatable bonds is 5. The van der Waals surface area contributed by atoms with Gasteiger partial charge < -0.3 is 10.5 Å². The molecule has 2 N–H and O–H groups in total. The van der Waals surface area contributed by atoms with Gasteiger partial charge in [-0.1, -0.05) is 35.3 Å². The highest BCUT2D eigenvalue weighted by molar-refractivity contribution is 6.31. The Kier molecular flexibility index (Phi) is 5.86. The van der Waals surface area contributed by atoms with E-state index in [1.54, 1.807) is 36.4 Å². The van der Waals surface area contributed by atoms with Gasteiger partial charge in [-0.2, -0.15) is 0 Å². The molecular formula is C23H17Cl2FN4O2. The molecule has 9 heteroatoms. The predicted molar refractivity (Wildman–Crippen MR) is 122 cm³/mol. The second-order valence-corrected chi connectivity index (χ2v) is 7.76. The first-order chi connectivity index (χ1) is 15.3. The number of pyridine rings is 1. The number of amides is 1. The average Bonchev–Trinajstić information content (AvgIpc) is 3.16. The van der Waals surface area contributed by atoms with Crippen LogP contribution in [0.3, 0.4) is 0 Å². The Hall–Kier alpha value is -3.42. The first-order valence-corrected chi connectivity index (χ1v) is 10.2. The molecule has 2 heterocycles. The van der Waals surface area contributed by atoms with Crippen molar-refractivity contribution in [2.75, 3.05) is 7.11 Å². The molecule has 0 aliphatic carbocycles. The number of methoxy groups -OCH3 is 1. The Morgan fingerprint density at radius 3 is 2.53 bits per heavy atom. The van der Waals surface area contributed by atoms with Crippen LogP contribution in [0.25, 0.3) is 28.5 Å². The fraction of sp³-hybridized carbons (Fsp3) is 0.0870. The average molecular weight is 471 g/mol. The van der Waals surface area contributed by atoms with Gasteiger partial charge in [0.1, 0.15) is 11.4 Å². The van der Waals surface area contributed by atoms with Crippen LogP contribution in [-0.4, -0.2) is 27.6 Å². The number of hydrogen-bond acceptors (Lipinski definition) is 4. The SMILES string of the molecule is COc1ccc(Cl)cc1-c1c(C(N)=O)nc(-c2cccc(C)n2)n1-c1cccc(Cl)c1F. The van der Waals surface area contributed by atoms with Crippen molar-refractivity contribution in [3.63, 3.8) is 0 Å². The largest absolute Gasteiger partial charge is 0.496 e. The van der Waals surface area contributed by atoms with Crippen molar-refractivity contribution in [3.8, 4) is 34.2 Å². The van der Waals surface area contributed by atoms with Crippen LogP contribution in [0.4, 0.5) is 4.39 Å². The number of carbonyl (C=O) groups is 1. The highest BCUT2D eigenvalue weighted by atomic mass is 35.5. The standard InChI is InChI=1S/C23H17Cl2FN4O2/c1-12-5-3-7-16(28-12)23-29-20(22(27)31)21(14-11-13(24)9-10-18(14)32-2)30(23)17-8-4-6-15(25)19(17)26/h3-11H,1-2H3,(H2,27,31). The minimum atomic E-state index is -0.808. The molecule has 4 rings (SSSR count). The molecule has 4 aromatic rings. The molecule has 0 atom stereocenters. The summed E-state index contributed by atoms with van der Waals surface area (Å²) in [5.41, 5.74) is 7.39. The van der Waals surface area contributed by atoms with Crippen LogP contribution in [0.5, 0.6) is 5.75 Å². The molecule has 32 heavy (non-hydrogen) atoms. The van der Waals surface area contributed by atoms with E-state index in [4.69, 9.17) is 33.7 Å². The van der Waals surface area contributed by atoms with Crippen LogP contribution < -0.4 is 10.5 Å². The molecule has 162 valence electrons. The second-order valence-electron chi connectivity index (χ2n) is 6.91. The van der Waals surface area contributed by atoms with Crippen molar-refractivity contribution in [2.24, 2.45) is 5.73 Å². The molecule has 0 spiro atoms. The maximum atomic E-state index is 15.3. The molecule has 6 nitrogen and oxygen atoms in total. The van der Waals surface area contributed by atoms with Crippen molar-refractivity contribution in [2.45, 2.75) is 6.92 Å². The Morgan fingerprint density at radius 1 is 1.09 bits per heavy atom. The summed E-state index contributed by atoms with van der Waals surface area (Å²) in [5.74, 6) is -0.902. The molecule has 0 bridgehead atoms. The van der Waals surface area contributed by atoms with E-state index in [1.165, 1.54) is 23.8 Å². The summed E-state index contributed by atoms with van der Waals surface area (Å²) in [4.78, 5) is 21.4. The van der Waals surface area contributed by atoms with E-state index in [1.807, 2.05) is 13.0 Å². The van der Waals surface area contributed by atoms with Gasteiger partial charge in [-0.15, -0.1) is 0 Å². The lowest BCUT2D eigenvalue weighted by molar-refractivity contribution is 0.0996. The van der Waals surface area contributed by atoms with E-state index in [2.05, 4.69) is 9.97 Å². The molecule has 0 saturated heterocycles. The van der Waals surface area contributed by atoms with Gasteiger partial charge >= 0.3 is 0 Å². The van der Waals surface area contributed by atoms with E-state index in [9.17, 15) is 4.79 Å². The Bertz CT molecular complexity index is 1350. The van der Waals surface area contributed by atoms with Crippen LogP contribution in [0.2, 0.25) is 10.0 Å². The lowest BCUT2D eigenvalue weighted by Crippen LogP contribution is -2.14. The second kappa shape index (κ2) is 8.61. The van der Waals surface area contributed by atoms with Crippen molar-refractivity contribution in [1.82, 2.24) is 14.5 Å². The van der Waals surface area contributed by atoms with E-state index >= 15 is 4.39 Å². The Morgan fingerprint density at radius 2 is 1.84 bits per heavy atom. The summed E-state index contributed by atoms with van der Waals surface area (Å²) in [6, 6.07) is 14.7. The molecule has 0 aliphatic heterocycles. The Balaban J connectivity index is 2.19. The molecule has 2 aromatic carbocycles. The smallest absolute Gasteiger partial charge is 0.269 e. The number of nitrogens with zero attached hydrogens (tertiary/aromatic N) is 3. The number of carbonyl (C=O) groups excluding carboxylic acids is 1. The molecule has 0 saturated carbocycles. The summed E-state index contributed by atoms with van der Waals surface area (Å²) in [6.07, 6.45) is 0. The minimum absolute atomic E-state index is 0.0628. The van der Waals surface area contributed by atoms with E-state index in [-0.39, 0.29) is 27.9 Å². The topological polar surface area (TPSA) is 83.0 Å². The normalized spacial score (nSPS) is 10.9. The van der Waals surface area contributed by atoms with Gasteiger partial charge in [0, 0.05) is 16.3 Å². The van der Waals surface area contributed by atoms with Gasteiger partial charge in [-0.25, -0.2) is 14.4 Å². The van der Waals surface area contributed by atoms with Gasteiger partial charge in [0.05, 0.1) is 23.5 Å². The summed E-state index contributed by atoms with van der Waals surface area (Å²) in [7, 11) is 1.47. The maximum absolute atomic E-state index is 15.3. The van der Waals surface area contributed by atoms with Gasteiger partial charge in [-0.3, -0.25) is 9.36 Å². The number of benzene rings is 2. The van der Waals surface area contributed by atoms with E-state index in [0.29, 0.717) is 27.7 Å². The molecular weight excluding hydrogens is 454 g/mol. The third kappa shape index (κ3) is 3.81. The molecule has 0 fully saturated rings. The van der Waals surface area contributed by atoms with Crippen LogP contribution in [-0.2, 0) is 0 Å². The zero-order chi connectivity index (χ0) is 23.0. The first kappa shape index (κ1) is 21.8. The molecule has 0 aliphatic rings. The van der Waals surface area contributed by atoms with Crippen molar-refractivity contribution in [1.29, 1.82) is 0 Å². The summed E-state index contributed by atoms with van der Waals surface area (Å²) < 4.78 is 22.2. The third-order valence-corrected chi connectivity index (χ3v) is 5.34. The zero-order valence-corrected chi connectivity index (χ0v) is 18.6. The highest BCUT2D eigenvalue weighted by Crippen LogP contribution is 2.40. The summed E-state index contributed by atoms with van der Waals surface area (Å²) in [6.45, 7) is 1.81. The lowest BCUT2D eigenvalue weighted by Gasteiger charge is -2.16. The van der Waals surface area contributed by atoms with Gasteiger partial charge in [0.2, 0.25) is 0 Å². The fourth-order valence-electron chi connectivity index (χ4n) is 3.44. The molecule has 0 unspecified atom stereocenters. The number of halogens is 3. The summed E-state index contributed by atoms with van der Waals surface area (Å²) >= 11 is 12.3. The number of ether oxygens (including phenoxy) is 1. The highest BCUT2D eigenvalue weighted by Gasteiger charge is 2.28. The third-order valence-electron chi connectivity index (χ3n) is 4.82. The molecule has 2 aromatic heterocycles.